The van der Waals surface area contributed by atoms with E-state index in [1.807, 2.05) is 0 Å². The summed E-state index contributed by atoms with van der Waals surface area (Å²) in [6, 6.07) is 1.16. The molecule has 1 rings (SSSR count). The Hall–Kier alpha value is -0.610. The molecule has 0 aromatic rings. The van der Waals surface area contributed by atoms with Crippen LogP contribution in [0.2, 0.25) is 0 Å². The minimum absolute atomic E-state index is 0.152. The first-order valence-corrected chi connectivity index (χ1v) is 8.13. The lowest BCUT2D eigenvalue weighted by Crippen LogP contribution is -2.45. The second-order valence-electron chi connectivity index (χ2n) is 6.92. The highest BCUT2D eigenvalue weighted by Crippen LogP contribution is 2.20. The zero-order valence-electron chi connectivity index (χ0n) is 13.7. The minimum Gasteiger partial charge on any atom is -0.353 e. The van der Waals surface area contributed by atoms with E-state index < -0.39 is 0 Å². The van der Waals surface area contributed by atoms with Crippen molar-refractivity contribution < 1.29 is 4.79 Å². The Kier molecular flexibility index (Phi) is 7.52. The zero-order chi connectivity index (χ0) is 15.1. The number of carbonyl (C=O) groups is 1. The molecule has 0 aromatic heterocycles. The largest absolute Gasteiger partial charge is 0.353 e. The molecule has 1 aliphatic carbocycles. The molecule has 0 saturated heterocycles. The number of hydrogen-bond acceptors (Lipinski definition) is 3. The number of hydrogen-bond donors (Lipinski definition) is 2. The second-order valence-corrected chi connectivity index (χ2v) is 6.92. The lowest BCUT2D eigenvalue weighted by atomic mass is 9.91. The van der Waals surface area contributed by atoms with E-state index in [1.165, 1.54) is 0 Å². The van der Waals surface area contributed by atoms with Gasteiger partial charge in [-0.05, 0) is 58.4 Å². The van der Waals surface area contributed by atoms with Gasteiger partial charge in [-0.2, -0.15) is 0 Å². The van der Waals surface area contributed by atoms with E-state index in [0.717, 1.165) is 38.5 Å². The third-order valence-electron chi connectivity index (χ3n) is 4.34. The molecule has 0 aliphatic heterocycles. The molecule has 0 spiro atoms. The van der Waals surface area contributed by atoms with Crippen molar-refractivity contribution in [2.75, 3.05) is 13.6 Å². The van der Waals surface area contributed by atoms with Crippen molar-refractivity contribution in [3.63, 3.8) is 0 Å². The first-order chi connectivity index (χ1) is 9.38. The number of nitrogens with two attached hydrogens (primary N) is 1. The van der Waals surface area contributed by atoms with Crippen molar-refractivity contribution in [3.8, 4) is 0 Å². The summed E-state index contributed by atoms with van der Waals surface area (Å²) in [6.45, 7) is 7.04. The number of rotatable bonds is 7. The second kappa shape index (κ2) is 8.63. The van der Waals surface area contributed by atoms with Crippen LogP contribution < -0.4 is 11.1 Å². The Morgan fingerprint density at radius 1 is 1.20 bits per heavy atom. The quantitative estimate of drug-likeness (QED) is 0.752. The third-order valence-corrected chi connectivity index (χ3v) is 4.34. The van der Waals surface area contributed by atoms with Gasteiger partial charge in [0.25, 0.3) is 0 Å². The average molecular weight is 283 g/mol. The molecule has 0 heterocycles. The monoisotopic (exact) mass is 283 g/mol. The van der Waals surface area contributed by atoms with E-state index >= 15 is 0 Å². The minimum atomic E-state index is 0.152. The van der Waals surface area contributed by atoms with Gasteiger partial charge in [-0.15, -0.1) is 0 Å². The van der Waals surface area contributed by atoms with Crippen molar-refractivity contribution in [3.05, 3.63) is 0 Å². The molecule has 4 nitrogen and oxygen atoms in total. The molecule has 1 saturated carbocycles. The lowest BCUT2D eigenvalue weighted by molar-refractivity contribution is -0.123. The molecule has 3 N–H and O–H groups in total. The van der Waals surface area contributed by atoms with Crippen molar-refractivity contribution in [2.45, 2.75) is 77.4 Å². The maximum Gasteiger partial charge on any atom is 0.234 e. The molecular weight excluding hydrogens is 250 g/mol. The Balaban J connectivity index is 2.23. The van der Waals surface area contributed by atoms with Crippen LogP contribution in [0, 0.1) is 5.92 Å². The van der Waals surface area contributed by atoms with Gasteiger partial charge in [0.2, 0.25) is 5.91 Å². The lowest BCUT2D eigenvalue weighted by Gasteiger charge is -2.33. The molecule has 1 aliphatic rings. The van der Waals surface area contributed by atoms with Gasteiger partial charge in [0.05, 0.1) is 6.54 Å². The maximum atomic E-state index is 12.0. The van der Waals surface area contributed by atoms with Crippen LogP contribution in [-0.4, -0.2) is 42.5 Å². The summed E-state index contributed by atoms with van der Waals surface area (Å²) in [4.78, 5) is 14.2. The van der Waals surface area contributed by atoms with Crippen LogP contribution in [0.4, 0.5) is 0 Å². The SMILES string of the molecule is CC(C)CCC(C)NC(=O)CN(C)C1CCC(N)CC1. The molecule has 1 fully saturated rings. The predicted molar refractivity (Wildman–Crippen MR) is 84.5 cm³/mol. The Bertz CT molecular complexity index is 285. The average Bonchev–Trinajstić information content (AvgIpc) is 2.36. The Morgan fingerprint density at radius 3 is 2.35 bits per heavy atom. The smallest absolute Gasteiger partial charge is 0.234 e. The number of amides is 1. The summed E-state index contributed by atoms with van der Waals surface area (Å²) in [5.74, 6) is 0.849. The summed E-state index contributed by atoms with van der Waals surface area (Å²) < 4.78 is 0. The van der Waals surface area contributed by atoms with Gasteiger partial charge in [-0.3, -0.25) is 9.69 Å². The van der Waals surface area contributed by atoms with Gasteiger partial charge < -0.3 is 11.1 Å². The summed E-state index contributed by atoms with van der Waals surface area (Å²) in [5.41, 5.74) is 5.92. The highest BCUT2D eigenvalue weighted by molar-refractivity contribution is 5.78. The molecule has 0 aromatic carbocycles. The van der Waals surface area contributed by atoms with Gasteiger partial charge in [0, 0.05) is 18.1 Å². The molecule has 4 heteroatoms. The predicted octanol–water partition coefficient (Wildman–Crippen LogP) is 2.13. The van der Waals surface area contributed by atoms with E-state index in [-0.39, 0.29) is 11.9 Å². The first kappa shape index (κ1) is 17.4. The van der Waals surface area contributed by atoms with Crippen LogP contribution >= 0.6 is 0 Å². The fraction of sp³-hybridized carbons (Fsp3) is 0.938. The highest BCUT2D eigenvalue weighted by atomic mass is 16.2. The summed E-state index contributed by atoms with van der Waals surface area (Å²) in [7, 11) is 2.06. The molecular formula is C16H33N3O. The topological polar surface area (TPSA) is 58.4 Å². The summed E-state index contributed by atoms with van der Waals surface area (Å²) >= 11 is 0. The van der Waals surface area contributed by atoms with Gasteiger partial charge in [-0.1, -0.05) is 13.8 Å². The standard InChI is InChI=1S/C16H33N3O/c1-12(2)5-6-13(3)18-16(20)11-19(4)15-9-7-14(17)8-10-15/h12-15H,5-11,17H2,1-4H3,(H,18,20). The van der Waals surface area contributed by atoms with E-state index in [9.17, 15) is 4.79 Å². The number of likely N-dealkylation sites (N-methyl/N-ethyl adjacent to an activating group) is 1. The maximum absolute atomic E-state index is 12.0. The molecule has 20 heavy (non-hydrogen) atoms. The van der Waals surface area contributed by atoms with Crippen LogP contribution in [0.25, 0.3) is 0 Å². The van der Waals surface area contributed by atoms with Crippen molar-refractivity contribution >= 4 is 5.91 Å². The molecule has 0 radical (unpaired) electrons. The van der Waals surface area contributed by atoms with Crippen molar-refractivity contribution in [2.24, 2.45) is 11.7 Å². The van der Waals surface area contributed by atoms with Crippen LogP contribution in [0.3, 0.4) is 0 Å². The van der Waals surface area contributed by atoms with Crippen LogP contribution in [0.15, 0.2) is 0 Å². The van der Waals surface area contributed by atoms with Gasteiger partial charge >= 0.3 is 0 Å². The molecule has 0 bridgehead atoms. The van der Waals surface area contributed by atoms with E-state index in [2.05, 4.69) is 38.0 Å². The first-order valence-electron chi connectivity index (χ1n) is 8.13. The van der Waals surface area contributed by atoms with Crippen LogP contribution in [0.1, 0.15) is 59.3 Å². The normalized spacial score (nSPS) is 24.9. The fourth-order valence-electron chi connectivity index (χ4n) is 2.87. The van der Waals surface area contributed by atoms with Gasteiger partial charge in [0.15, 0.2) is 0 Å². The zero-order valence-corrected chi connectivity index (χ0v) is 13.7. The van der Waals surface area contributed by atoms with Crippen molar-refractivity contribution in [1.82, 2.24) is 10.2 Å². The number of nitrogens with one attached hydrogen (secondary N) is 1. The Labute approximate surface area is 124 Å². The molecule has 1 amide bonds. The highest BCUT2D eigenvalue weighted by Gasteiger charge is 2.23. The van der Waals surface area contributed by atoms with Gasteiger partial charge in [0.1, 0.15) is 0 Å². The molecule has 1 atom stereocenters. The van der Waals surface area contributed by atoms with E-state index in [4.69, 9.17) is 5.73 Å². The number of nitrogens with zero attached hydrogens (tertiary/aromatic N) is 1. The Morgan fingerprint density at radius 2 is 1.80 bits per heavy atom. The molecule has 1 unspecified atom stereocenters. The van der Waals surface area contributed by atoms with Crippen LogP contribution in [0.5, 0.6) is 0 Å². The fourth-order valence-corrected chi connectivity index (χ4v) is 2.87. The van der Waals surface area contributed by atoms with Crippen LogP contribution in [-0.2, 0) is 4.79 Å². The summed E-state index contributed by atoms with van der Waals surface area (Å²) in [6.07, 6.45) is 6.63. The summed E-state index contributed by atoms with van der Waals surface area (Å²) in [5, 5.41) is 3.11. The van der Waals surface area contributed by atoms with Gasteiger partial charge in [-0.25, -0.2) is 0 Å². The third kappa shape index (κ3) is 6.71. The van der Waals surface area contributed by atoms with E-state index in [1.54, 1.807) is 0 Å². The van der Waals surface area contributed by atoms with Crippen molar-refractivity contribution in [1.29, 1.82) is 0 Å². The molecule has 118 valence electrons. The van der Waals surface area contributed by atoms with E-state index in [0.29, 0.717) is 24.5 Å². The number of carbonyl (C=O) groups excluding carboxylic acids is 1.